The molecule has 0 aromatic carbocycles. The molecule has 0 radical (unpaired) electrons. The van der Waals surface area contributed by atoms with Gasteiger partial charge in [-0.25, -0.2) is 0 Å². The predicted molar refractivity (Wildman–Crippen MR) is 56.9 cm³/mol. The Morgan fingerprint density at radius 2 is 2.12 bits per heavy atom. The lowest BCUT2D eigenvalue weighted by Crippen LogP contribution is -2.54. The van der Waals surface area contributed by atoms with Gasteiger partial charge in [0.1, 0.15) is 12.1 Å². The minimum absolute atomic E-state index is 0.0450. The van der Waals surface area contributed by atoms with Crippen molar-refractivity contribution in [3.8, 4) is 0 Å². The van der Waals surface area contributed by atoms with E-state index in [2.05, 4.69) is 5.32 Å². The minimum atomic E-state index is -1.26. The lowest BCUT2D eigenvalue weighted by atomic mass is 9.96. The Balaban J connectivity index is 2.85. The average Bonchev–Trinajstić information content (AvgIpc) is 2.40. The van der Waals surface area contributed by atoms with Gasteiger partial charge in [0.2, 0.25) is 5.91 Å². The van der Waals surface area contributed by atoms with Gasteiger partial charge >= 0.3 is 0 Å². The molecule has 5 atom stereocenters. The molecule has 0 bridgehead atoms. The molecule has 17 heavy (non-hydrogen) atoms. The van der Waals surface area contributed by atoms with Crippen molar-refractivity contribution in [2.45, 2.75) is 31.5 Å². The zero-order chi connectivity index (χ0) is 13.0. The lowest BCUT2D eigenvalue weighted by Gasteiger charge is -2.29. The molecule has 1 amide bonds. The van der Waals surface area contributed by atoms with Crippen LogP contribution in [-0.4, -0.2) is 66.1 Å². The molecule has 1 aliphatic heterocycles. The van der Waals surface area contributed by atoms with Crippen molar-refractivity contribution >= 4 is 5.91 Å². The number of amides is 1. The van der Waals surface area contributed by atoms with Crippen molar-refractivity contribution in [2.24, 2.45) is 5.92 Å². The molecular formula is C10H19NO6. The second-order valence-corrected chi connectivity index (χ2v) is 4.09. The molecule has 0 unspecified atom stereocenters. The third-order valence-electron chi connectivity index (χ3n) is 2.81. The highest BCUT2D eigenvalue weighted by atomic mass is 16.7. The van der Waals surface area contributed by atoms with Crippen LogP contribution in [0.15, 0.2) is 0 Å². The van der Waals surface area contributed by atoms with E-state index in [0.717, 1.165) is 0 Å². The summed E-state index contributed by atoms with van der Waals surface area (Å²) in [6.45, 7) is 1.02. The van der Waals surface area contributed by atoms with E-state index in [-0.39, 0.29) is 19.1 Å². The van der Waals surface area contributed by atoms with Crippen molar-refractivity contribution in [3.05, 3.63) is 0 Å². The smallest absolute Gasteiger partial charge is 0.217 e. The van der Waals surface area contributed by atoms with Crippen molar-refractivity contribution in [2.75, 3.05) is 20.3 Å². The molecular weight excluding hydrogens is 230 g/mol. The van der Waals surface area contributed by atoms with E-state index in [1.54, 1.807) is 0 Å². The van der Waals surface area contributed by atoms with Gasteiger partial charge in [0.15, 0.2) is 6.29 Å². The van der Waals surface area contributed by atoms with Crippen LogP contribution in [0.25, 0.3) is 0 Å². The van der Waals surface area contributed by atoms with E-state index in [9.17, 15) is 15.0 Å². The number of carbonyl (C=O) groups excluding carboxylic acids is 1. The maximum Gasteiger partial charge on any atom is 0.217 e. The van der Waals surface area contributed by atoms with Crippen LogP contribution in [0.3, 0.4) is 0 Å². The number of aliphatic hydroxyl groups excluding tert-OH is 3. The highest BCUT2D eigenvalue weighted by molar-refractivity contribution is 5.73. The monoisotopic (exact) mass is 249 g/mol. The Bertz CT molecular complexity index is 261. The number of rotatable bonds is 3. The standard InChI is InChI=1S/C10H19NO6/c1-5(13)11-7-9(15)8(14)6(3-12)4-17-10(7)16-2/h6-10,12,14-15H,3-4H2,1-2H3,(H,11,13)/t6-,7+,8-,9+,10+/m0/s1. The number of methoxy groups -OCH3 is 1. The zero-order valence-electron chi connectivity index (χ0n) is 9.87. The van der Waals surface area contributed by atoms with Crippen LogP contribution >= 0.6 is 0 Å². The summed E-state index contributed by atoms with van der Waals surface area (Å²) in [6, 6.07) is -0.871. The second-order valence-electron chi connectivity index (χ2n) is 4.09. The maximum absolute atomic E-state index is 11.0. The average molecular weight is 249 g/mol. The maximum atomic E-state index is 11.0. The highest BCUT2D eigenvalue weighted by Gasteiger charge is 2.41. The quantitative estimate of drug-likeness (QED) is 0.453. The van der Waals surface area contributed by atoms with Crippen LogP contribution < -0.4 is 5.32 Å². The van der Waals surface area contributed by atoms with Crippen LogP contribution in [0.1, 0.15) is 6.92 Å². The van der Waals surface area contributed by atoms with Crippen LogP contribution in [0.2, 0.25) is 0 Å². The van der Waals surface area contributed by atoms with E-state index in [0.29, 0.717) is 0 Å². The van der Waals surface area contributed by atoms with Gasteiger partial charge in [-0.2, -0.15) is 0 Å². The molecule has 1 rings (SSSR count). The predicted octanol–water partition coefficient (Wildman–Crippen LogP) is -2.18. The van der Waals surface area contributed by atoms with Crippen molar-refractivity contribution < 1.29 is 29.6 Å². The first-order valence-corrected chi connectivity index (χ1v) is 5.39. The SMILES string of the molecule is CO[C@@H]1OC[C@H](CO)[C@H](O)[C@H](O)[C@H]1NC(C)=O. The Morgan fingerprint density at radius 1 is 1.47 bits per heavy atom. The summed E-state index contributed by atoms with van der Waals surface area (Å²) in [4.78, 5) is 11.0. The number of hydrogen-bond donors (Lipinski definition) is 4. The van der Waals surface area contributed by atoms with Gasteiger partial charge in [-0.1, -0.05) is 0 Å². The van der Waals surface area contributed by atoms with Crippen molar-refractivity contribution in [3.63, 3.8) is 0 Å². The van der Waals surface area contributed by atoms with Crippen LogP contribution in [0.5, 0.6) is 0 Å². The Hall–Kier alpha value is -0.730. The molecule has 0 aromatic heterocycles. The number of aliphatic hydroxyl groups is 3. The van der Waals surface area contributed by atoms with Gasteiger partial charge in [-0.15, -0.1) is 0 Å². The van der Waals surface area contributed by atoms with Gasteiger partial charge in [0.05, 0.1) is 19.3 Å². The first kappa shape index (κ1) is 14.3. The normalized spacial score (nSPS) is 38.5. The topological polar surface area (TPSA) is 108 Å². The number of hydrogen-bond acceptors (Lipinski definition) is 6. The summed E-state index contributed by atoms with van der Waals surface area (Å²) in [5.74, 6) is -0.976. The van der Waals surface area contributed by atoms with E-state index in [1.165, 1.54) is 14.0 Å². The minimum Gasteiger partial charge on any atom is -0.396 e. The summed E-state index contributed by atoms with van der Waals surface area (Å²) in [5.41, 5.74) is 0. The van der Waals surface area contributed by atoms with Crippen molar-refractivity contribution in [1.82, 2.24) is 5.32 Å². The Kier molecular flexibility index (Phi) is 5.29. The molecule has 7 heteroatoms. The fourth-order valence-corrected chi connectivity index (χ4v) is 1.84. The van der Waals surface area contributed by atoms with Crippen LogP contribution in [0.4, 0.5) is 0 Å². The van der Waals surface area contributed by atoms with Gasteiger partial charge in [-0.3, -0.25) is 4.79 Å². The second kappa shape index (κ2) is 6.27. The first-order chi connectivity index (χ1) is 8.01. The molecule has 4 N–H and O–H groups in total. The number of ether oxygens (including phenoxy) is 2. The Labute approximate surface area is 99.3 Å². The lowest BCUT2D eigenvalue weighted by molar-refractivity contribution is -0.157. The molecule has 0 saturated carbocycles. The summed E-state index contributed by atoms with van der Waals surface area (Å²) in [5, 5.41) is 31.3. The van der Waals surface area contributed by atoms with Gasteiger partial charge < -0.3 is 30.1 Å². The van der Waals surface area contributed by atoms with E-state index >= 15 is 0 Å². The summed E-state index contributed by atoms with van der Waals surface area (Å²) >= 11 is 0. The largest absolute Gasteiger partial charge is 0.396 e. The van der Waals surface area contributed by atoms with E-state index in [1.807, 2.05) is 0 Å². The van der Waals surface area contributed by atoms with Crippen LogP contribution in [0, 0.1) is 5.92 Å². The van der Waals surface area contributed by atoms with Gasteiger partial charge in [0.25, 0.3) is 0 Å². The molecule has 1 saturated heterocycles. The van der Waals surface area contributed by atoms with E-state index < -0.39 is 30.5 Å². The fourth-order valence-electron chi connectivity index (χ4n) is 1.84. The highest BCUT2D eigenvalue weighted by Crippen LogP contribution is 2.20. The molecule has 1 aliphatic rings. The van der Waals surface area contributed by atoms with Gasteiger partial charge in [-0.05, 0) is 0 Å². The van der Waals surface area contributed by atoms with Crippen molar-refractivity contribution in [1.29, 1.82) is 0 Å². The number of nitrogens with one attached hydrogen (secondary N) is 1. The molecule has 0 aromatic rings. The summed E-state index contributed by atoms with van der Waals surface area (Å²) in [6.07, 6.45) is -3.31. The van der Waals surface area contributed by atoms with Gasteiger partial charge in [0, 0.05) is 20.0 Å². The fraction of sp³-hybridized carbons (Fsp3) is 0.900. The summed E-state index contributed by atoms with van der Waals surface area (Å²) < 4.78 is 10.3. The number of carbonyl (C=O) groups is 1. The summed E-state index contributed by atoms with van der Waals surface area (Å²) in [7, 11) is 1.37. The molecule has 100 valence electrons. The van der Waals surface area contributed by atoms with Crippen LogP contribution in [-0.2, 0) is 14.3 Å². The third-order valence-corrected chi connectivity index (χ3v) is 2.81. The zero-order valence-corrected chi connectivity index (χ0v) is 9.87. The molecule has 1 fully saturated rings. The molecule has 0 aliphatic carbocycles. The molecule has 7 nitrogen and oxygen atoms in total. The molecule has 1 heterocycles. The third kappa shape index (κ3) is 3.36. The first-order valence-electron chi connectivity index (χ1n) is 5.39. The molecule has 0 spiro atoms. The Morgan fingerprint density at radius 3 is 2.59 bits per heavy atom. The van der Waals surface area contributed by atoms with E-state index in [4.69, 9.17) is 14.6 Å².